The second-order valence-corrected chi connectivity index (χ2v) is 15.5. The molecule has 3 aliphatic heterocycles. The van der Waals surface area contributed by atoms with Crippen LogP contribution in [0.3, 0.4) is 0 Å². The van der Waals surface area contributed by atoms with Crippen molar-refractivity contribution < 1.29 is 23.4 Å². The van der Waals surface area contributed by atoms with Crippen molar-refractivity contribution in [2.45, 2.75) is 88.4 Å². The first-order chi connectivity index (χ1) is 16.9. The van der Waals surface area contributed by atoms with Gasteiger partial charge in [0, 0.05) is 13.0 Å². The van der Waals surface area contributed by atoms with E-state index in [0.29, 0.717) is 6.42 Å². The van der Waals surface area contributed by atoms with Crippen molar-refractivity contribution in [2.24, 2.45) is 0 Å². The molecule has 0 unspecified atom stereocenters. The van der Waals surface area contributed by atoms with Gasteiger partial charge in [0.2, 0.25) is 0 Å². The molecule has 0 radical (unpaired) electrons. The third-order valence-electron chi connectivity index (χ3n) is 7.85. The number of hydrogen-bond donors (Lipinski definition) is 0. The molecule has 0 amide bonds. The van der Waals surface area contributed by atoms with Crippen LogP contribution >= 0.6 is 0 Å². The van der Waals surface area contributed by atoms with Crippen molar-refractivity contribution in [1.29, 1.82) is 0 Å². The van der Waals surface area contributed by atoms with Crippen LogP contribution in [0.5, 0.6) is 0 Å². The molecule has 0 aromatic heterocycles. The van der Waals surface area contributed by atoms with Gasteiger partial charge in [-0.3, -0.25) is 4.79 Å². The summed E-state index contributed by atoms with van der Waals surface area (Å²) < 4.78 is 25.8. The van der Waals surface area contributed by atoms with Gasteiger partial charge in [-0.15, -0.1) is 0 Å². The van der Waals surface area contributed by atoms with Crippen molar-refractivity contribution in [3.8, 4) is 0 Å². The minimum absolute atomic E-state index is 0.0827. The van der Waals surface area contributed by atoms with Crippen LogP contribution in [0.2, 0.25) is 5.04 Å². The number of benzene rings is 2. The topological polar surface area (TPSA) is 54.0 Å². The van der Waals surface area contributed by atoms with Crippen molar-refractivity contribution in [2.75, 3.05) is 13.2 Å². The normalized spacial score (nSPS) is 29.7. The van der Waals surface area contributed by atoms with Crippen LogP contribution in [0.15, 0.2) is 60.7 Å². The Bertz CT molecular complexity index is 950. The Hall–Kier alpha value is -1.83. The fourth-order valence-electron chi connectivity index (χ4n) is 6.11. The molecule has 188 valence electrons. The number of carbonyl (C=O) groups excluding carboxylic acids is 1. The van der Waals surface area contributed by atoms with E-state index in [-0.39, 0.29) is 41.8 Å². The van der Waals surface area contributed by atoms with Gasteiger partial charge in [-0.2, -0.15) is 0 Å². The van der Waals surface area contributed by atoms with Gasteiger partial charge in [0.15, 0.2) is 5.78 Å². The number of ketones is 1. The summed E-state index contributed by atoms with van der Waals surface area (Å²) in [5.41, 5.74) is 0. The summed E-state index contributed by atoms with van der Waals surface area (Å²) >= 11 is 0. The number of hydrogen-bond acceptors (Lipinski definition) is 5. The van der Waals surface area contributed by atoms with Gasteiger partial charge < -0.3 is 18.6 Å². The Morgan fingerprint density at radius 1 is 0.829 bits per heavy atom. The molecular weight excluding hydrogens is 456 g/mol. The molecule has 6 heteroatoms. The van der Waals surface area contributed by atoms with E-state index in [1.54, 1.807) is 0 Å². The first-order valence-electron chi connectivity index (χ1n) is 13.1. The smallest absolute Gasteiger partial charge is 0.261 e. The van der Waals surface area contributed by atoms with E-state index in [4.69, 9.17) is 18.6 Å². The summed E-state index contributed by atoms with van der Waals surface area (Å²) in [6.45, 7) is 7.81. The van der Waals surface area contributed by atoms with Crippen LogP contribution in [0, 0.1) is 0 Å². The maximum absolute atomic E-state index is 13.3. The Balaban J connectivity index is 1.39. The zero-order valence-electron chi connectivity index (χ0n) is 21.2. The molecule has 3 aliphatic rings. The van der Waals surface area contributed by atoms with Gasteiger partial charge in [-0.05, 0) is 41.1 Å². The van der Waals surface area contributed by atoms with E-state index in [1.807, 2.05) is 12.1 Å². The van der Waals surface area contributed by atoms with Crippen molar-refractivity contribution >= 4 is 24.5 Å². The van der Waals surface area contributed by atoms with Gasteiger partial charge in [0.1, 0.15) is 6.10 Å². The predicted octanol–water partition coefficient (Wildman–Crippen LogP) is 4.02. The largest absolute Gasteiger partial charge is 0.404 e. The fourth-order valence-corrected chi connectivity index (χ4v) is 10.7. The minimum atomic E-state index is -2.73. The summed E-state index contributed by atoms with van der Waals surface area (Å²) in [4.78, 5) is 13.3. The van der Waals surface area contributed by atoms with Crippen LogP contribution < -0.4 is 10.4 Å². The number of Topliss-reactive ketones (excluding diaryl/α,β-unsaturated/α-hetero) is 1. The quantitative estimate of drug-likeness (QED) is 0.588. The Morgan fingerprint density at radius 3 is 2.06 bits per heavy atom. The highest BCUT2D eigenvalue weighted by molar-refractivity contribution is 6.99. The Kier molecular flexibility index (Phi) is 7.29. The lowest BCUT2D eigenvalue weighted by Crippen LogP contribution is -2.67. The lowest BCUT2D eigenvalue weighted by Gasteiger charge is -2.44. The van der Waals surface area contributed by atoms with Gasteiger partial charge in [-0.25, -0.2) is 0 Å². The van der Waals surface area contributed by atoms with Gasteiger partial charge in [0.25, 0.3) is 8.32 Å². The molecule has 35 heavy (non-hydrogen) atoms. The molecule has 3 heterocycles. The van der Waals surface area contributed by atoms with E-state index in [9.17, 15) is 4.79 Å². The third kappa shape index (κ3) is 4.92. The summed E-state index contributed by atoms with van der Waals surface area (Å²) in [6.07, 6.45) is 3.56. The highest BCUT2D eigenvalue weighted by Gasteiger charge is 2.51. The van der Waals surface area contributed by atoms with Crippen LogP contribution in [-0.2, 0) is 23.4 Å². The molecule has 5 rings (SSSR count). The Labute approximate surface area is 210 Å². The van der Waals surface area contributed by atoms with Gasteiger partial charge >= 0.3 is 0 Å². The maximum Gasteiger partial charge on any atom is 0.261 e. The molecule has 5 atom stereocenters. The summed E-state index contributed by atoms with van der Waals surface area (Å²) in [5, 5.41) is 2.27. The van der Waals surface area contributed by atoms with Gasteiger partial charge in [-0.1, -0.05) is 81.4 Å². The highest BCUT2D eigenvalue weighted by Crippen LogP contribution is 2.38. The van der Waals surface area contributed by atoms with Crippen molar-refractivity contribution in [3.63, 3.8) is 0 Å². The van der Waals surface area contributed by atoms with E-state index in [1.165, 1.54) is 10.4 Å². The molecule has 0 N–H and O–H groups in total. The highest BCUT2D eigenvalue weighted by atomic mass is 28.4. The summed E-state index contributed by atoms with van der Waals surface area (Å²) in [7, 11) is -2.73. The monoisotopic (exact) mass is 494 g/mol. The van der Waals surface area contributed by atoms with Crippen LogP contribution in [0.4, 0.5) is 0 Å². The standard InChI is InChI=1S/C29H38O5Si/c1-29(2,3)35(21-11-6-4-7-12-21,22-13-8-5-9-14-22)32-20-28-23(30)19-27-26(34-28)17-16-24-25(33-27)15-10-18-31-24/h4-9,11-14,24-28H,10,15-20H2,1-3H3/t24-,25+,26+,27-,28-/m1/s1. The fraction of sp³-hybridized carbons (Fsp3) is 0.552. The molecule has 3 fully saturated rings. The maximum atomic E-state index is 13.3. The zero-order chi connectivity index (χ0) is 24.5. The van der Waals surface area contributed by atoms with E-state index >= 15 is 0 Å². The van der Waals surface area contributed by atoms with Crippen LogP contribution in [0.1, 0.15) is 52.9 Å². The van der Waals surface area contributed by atoms with Crippen molar-refractivity contribution in [3.05, 3.63) is 60.7 Å². The molecule has 3 saturated heterocycles. The molecule has 2 aromatic rings. The number of carbonyl (C=O) groups is 1. The summed E-state index contributed by atoms with van der Waals surface area (Å²) in [5.74, 6) is 0.0827. The van der Waals surface area contributed by atoms with E-state index in [2.05, 4.69) is 69.3 Å². The number of ether oxygens (including phenoxy) is 3. The number of rotatable bonds is 5. The lowest BCUT2D eigenvalue weighted by atomic mass is 9.96. The van der Waals surface area contributed by atoms with E-state index < -0.39 is 14.4 Å². The zero-order valence-corrected chi connectivity index (χ0v) is 22.2. The molecule has 2 aromatic carbocycles. The van der Waals surface area contributed by atoms with Crippen LogP contribution in [0.25, 0.3) is 0 Å². The first-order valence-corrected chi connectivity index (χ1v) is 15.0. The molecule has 0 aliphatic carbocycles. The minimum Gasteiger partial charge on any atom is -0.404 e. The SMILES string of the molecule is CC(C)(C)[Si](OC[C@H]1O[C@H]2CC[C@H]3OCCC[C@@H]3O[C@@H]2CC1=O)(c1ccccc1)c1ccccc1. The molecule has 0 spiro atoms. The average molecular weight is 495 g/mol. The molecular formula is C29H38O5Si. The second-order valence-electron chi connectivity index (χ2n) is 11.1. The second kappa shape index (κ2) is 10.3. The third-order valence-corrected chi connectivity index (χ3v) is 12.9. The van der Waals surface area contributed by atoms with E-state index in [0.717, 1.165) is 32.3 Å². The molecule has 0 saturated carbocycles. The predicted molar refractivity (Wildman–Crippen MR) is 139 cm³/mol. The van der Waals surface area contributed by atoms with Crippen LogP contribution in [-0.4, -0.2) is 57.8 Å². The molecule has 0 bridgehead atoms. The average Bonchev–Trinajstić information content (AvgIpc) is 3.04. The Morgan fingerprint density at radius 2 is 1.43 bits per heavy atom. The number of fused-ring (bicyclic) bond motifs is 2. The summed E-state index contributed by atoms with van der Waals surface area (Å²) in [6, 6.07) is 21.1. The lowest BCUT2D eigenvalue weighted by molar-refractivity contribution is -0.182. The first kappa shape index (κ1) is 24.8. The van der Waals surface area contributed by atoms with Gasteiger partial charge in [0.05, 0.1) is 31.0 Å². The molecule has 5 nitrogen and oxygen atoms in total. The van der Waals surface area contributed by atoms with Crippen molar-refractivity contribution in [1.82, 2.24) is 0 Å².